The lowest BCUT2D eigenvalue weighted by molar-refractivity contribution is -0.0435. The summed E-state index contributed by atoms with van der Waals surface area (Å²) < 4.78 is 74.2. The predicted octanol–water partition coefficient (Wildman–Crippen LogP) is 3.97. The van der Waals surface area contributed by atoms with E-state index in [1.54, 1.807) is 6.92 Å². The zero-order chi connectivity index (χ0) is 16.4. The summed E-state index contributed by atoms with van der Waals surface area (Å²) in [7, 11) is -5.61. The lowest BCUT2D eigenvalue weighted by Gasteiger charge is -2.23. The first-order valence-corrected chi connectivity index (χ1v) is 7.86. The Morgan fingerprint density at radius 1 is 1.24 bits per heavy atom. The Balaban J connectivity index is 3.31. The van der Waals surface area contributed by atoms with Crippen molar-refractivity contribution in [3.8, 4) is 0 Å². The fraction of sp³-hybridized carbons (Fsp3) is 0.538. The van der Waals surface area contributed by atoms with Crippen LogP contribution in [0.1, 0.15) is 27.2 Å². The van der Waals surface area contributed by atoms with Gasteiger partial charge in [-0.3, -0.25) is 0 Å². The van der Waals surface area contributed by atoms with Gasteiger partial charge in [-0.15, -0.1) is 0 Å². The number of rotatable bonds is 5. The minimum absolute atomic E-state index is 0.108. The van der Waals surface area contributed by atoms with Crippen molar-refractivity contribution < 1.29 is 26.0 Å². The van der Waals surface area contributed by atoms with Gasteiger partial charge in [-0.25, -0.2) is 12.8 Å². The van der Waals surface area contributed by atoms with E-state index in [4.69, 9.17) is 0 Å². The van der Waals surface area contributed by atoms with Crippen LogP contribution in [0, 0.1) is 11.7 Å². The molecule has 0 aromatic heterocycles. The Labute approximate surface area is 121 Å². The molecule has 0 aliphatic carbocycles. The van der Waals surface area contributed by atoms with Crippen LogP contribution in [0.5, 0.6) is 0 Å². The molecule has 1 aromatic rings. The average molecular weight is 327 g/mol. The molecule has 2 atom stereocenters. The minimum atomic E-state index is -5.61. The van der Waals surface area contributed by atoms with E-state index in [0.717, 1.165) is 18.6 Å². The molecule has 2 unspecified atom stereocenters. The Morgan fingerprint density at radius 3 is 2.29 bits per heavy atom. The zero-order valence-electron chi connectivity index (χ0n) is 11.8. The van der Waals surface area contributed by atoms with E-state index >= 15 is 0 Å². The third-order valence-corrected chi connectivity index (χ3v) is 4.94. The van der Waals surface area contributed by atoms with Crippen LogP contribution in [0.2, 0.25) is 0 Å². The summed E-state index contributed by atoms with van der Waals surface area (Å²) >= 11 is 0. The maximum atomic E-state index is 13.2. The number of anilines is 1. The highest BCUT2D eigenvalue weighted by Gasteiger charge is 2.48. The van der Waals surface area contributed by atoms with Gasteiger partial charge >= 0.3 is 5.51 Å². The van der Waals surface area contributed by atoms with Gasteiger partial charge < -0.3 is 5.32 Å². The lowest BCUT2D eigenvalue weighted by Crippen LogP contribution is -2.28. The van der Waals surface area contributed by atoms with Crippen molar-refractivity contribution in [3.63, 3.8) is 0 Å². The van der Waals surface area contributed by atoms with E-state index < -0.39 is 26.1 Å². The first kappa shape index (κ1) is 17.7. The molecule has 0 saturated heterocycles. The van der Waals surface area contributed by atoms with Gasteiger partial charge in [0.05, 0.1) is 5.69 Å². The molecule has 1 aromatic carbocycles. The van der Waals surface area contributed by atoms with E-state index in [2.05, 4.69) is 5.32 Å². The Kier molecular flexibility index (Phi) is 5.25. The van der Waals surface area contributed by atoms with Crippen LogP contribution in [0.15, 0.2) is 23.1 Å². The molecule has 8 heteroatoms. The van der Waals surface area contributed by atoms with E-state index in [1.165, 1.54) is 0 Å². The van der Waals surface area contributed by atoms with Crippen molar-refractivity contribution in [3.05, 3.63) is 24.0 Å². The van der Waals surface area contributed by atoms with E-state index in [0.29, 0.717) is 6.07 Å². The van der Waals surface area contributed by atoms with Crippen molar-refractivity contribution in [1.82, 2.24) is 0 Å². The number of hydrogen-bond donors (Lipinski definition) is 1. The molecule has 0 heterocycles. The summed E-state index contributed by atoms with van der Waals surface area (Å²) in [5, 5.41) is 2.72. The highest BCUT2D eigenvalue weighted by Crippen LogP contribution is 2.35. The largest absolute Gasteiger partial charge is 0.501 e. The average Bonchev–Trinajstić information content (AvgIpc) is 2.38. The smallest absolute Gasteiger partial charge is 0.381 e. The molecule has 0 fully saturated rings. The number of halogens is 4. The Hall–Kier alpha value is -1.31. The maximum absolute atomic E-state index is 13.2. The number of sulfone groups is 1. The van der Waals surface area contributed by atoms with Gasteiger partial charge in [0.1, 0.15) is 10.7 Å². The molecule has 0 aliphatic heterocycles. The molecule has 0 aliphatic rings. The summed E-state index contributed by atoms with van der Waals surface area (Å²) in [6.45, 7) is 5.50. The molecule has 21 heavy (non-hydrogen) atoms. The number of benzene rings is 1. The second-order valence-corrected chi connectivity index (χ2v) is 6.82. The summed E-state index contributed by atoms with van der Waals surface area (Å²) in [6, 6.07) is 2.05. The van der Waals surface area contributed by atoms with Crippen molar-refractivity contribution in [2.75, 3.05) is 5.32 Å². The van der Waals surface area contributed by atoms with Crippen molar-refractivity contribution in [2.24, 2.45) is 5.92 Å². The molecular weight excluding hydrogens is 310 g/mol. The summed E-state index contributed by atoms with van der Waals surface area (Å²) in [5.74, 6) is -0.934. The quantitative estimate of drug-likeness (QED) is 0.833. The molecule has 120 valence electrons. The van der Waals surface area contributed by atoms with E-state index in [-0.39, 0.29) is 17.6 Å². The van der Waals surface area contributed by atoms with Crippen molar-refractivity contribution in [1.29, 1.82) is 0 Å². The van der Waals surface area contributed by atoms with Crippen LogP contribution < -0.4 is 5.32 Å². The summed E-state index contributed by atoms with van der Waals surface area (Å²) in [5.41, 5.74) is -5.72. The molecular formula is C13H17F4NO2S. The first-order valence-electron chi connectivity index (χ1n) is 6.38. The fourth-order valence-corrected chi connectivity index (χ4v) is 2.64. The SMILES string of the molecule is CCC(C)C(C)Nc1ccc(F)cc1S(=O)(=O)C(F)(F)F. The van der Waals surface area contributed by atoms with Crippen LogP contribution in [-0.4, -0.2) is 20.0 Å². The Morgan fingerprint density at radius 2 is 1.81 bits per heavy atom. The van der Waals surface area contributed by atoms with Gasteiger partial charge in [0, 0.05) is 6.04 Å². The van der Waals surface area contributed by atoms with Gasteiger partial charge in [-0.1, -0.05) is 20.3 Å². The molecule has 0 bridgehead atoms. The molecule has 0 saturated carbocycles. The second kappa shape index (κ2) is 6.21. The molecule has 0 amide bonds. The topological polar surface area (TPSA) is 46.2 Å². The Bertz CT molecular complexity index is 599. The zero-order valence-corrected chi connectivity index (χ0v) is 12.6. The van der Waals surface area contributed by atoms with Crippen LogP contribution in [0.3, 0.4) is 0 Å². The van der Waals surface area contributed by atoms with Crippen molar-refractivity contribution >= 4 is 15.5 Å². The van der Waals surface area contributed by atoms with Gasteiger partial charge in [0.25, 0.3) is 9.84 Å². The van der Waals surface area contributed by atoms with Crippen molar-refractivity contribution in [2.45, 2.75) is 43.6 Å². The molecule has 0 spiro atoms. The lowest BCUT2D eigenvalue weighted by atomic mass is 10.0. The maximum Gasteiger partial charge on any atom is 0.501 e. The van der Waals surface area contributed by atoms with Crippen LogP contribution in [-0.2, 0) is 9.84 Å². The standard InChI is InChI=1S/C13H17F4NO2S/c1-4-8(2)9(3)18-11-6-5-10(14)7-12(11)21(19,20)13(15,16)17/h5-9,18H,4H2,1-3H3. The van der Waals surface area contributed by atoms with E-state index in [1.807, 2.05) is 13.8 Å². The molecule has 1 rings (SSSR count). The summed E-state index contributed by atoms with van der Waals surface area (Å²) in [4.78, 5) is -1.09. The van der Waals surface area contributed by atoms with E-state index in [9.17, 15) is 26.0 Å². The van der Waals surface area contributed by atoms with Gasteiger partial charge in [-0.2, -0.15) is 13.2 Å². The summed E-state index contributed by atoms with van der Waals surface area (Å²) in [6.07, 6.45) is 0.761. The van der Waals surface area contributed by atoms with Gasteiger partial charge in [0.2, 0.25) is 0 Å². The third kappa shape index (κ3) is 3.87. The number of nitrogens with one attached hydrogen (secondary N) is 1. The first-order chi connectivity index (χ1) is 9.50. The van der Waals surface area contributed by atoms with Gasteiger partial charge in [0.15, 0.2) is 0 Å². The number of alkyl halides is 3. The third-order valence-electron chi connectivity index (χ3n) is 3.42. The van der Waals surface area contributed by atoms with Crippen LogP contribution in [0.25, 0.3) is 0 Å². The molecule has 1 N–H and O–H groups in total. The molecule has 3 nitrogen and oxygen atoms in total. The minimum Gasteiger partial charge on any atom is -0.381 e. The normalized spacial score (nSPS) is 15.6. The predicted molar refractivity (Wildman–Crippen MR) is 72.2 cm³/mol. The molecule has 0 radical (unpaired) electrons. The highest BCUT2D eigenvalue weighted by molar-refractivity contribution is 7.92. The monoisotopic (exact) mass is 327 g/mol. The van der Waals surface area contributed by atoms with Crippen LogP contribution >= 0.6 is 0 Å². The second-order valence-electron chi connectivity index (χ2n) is 4.91. The highest BCUT2D eigenvalue weighted by atomic mass is 32.2. The van der Waals surface area contributed by atoms with Crippen LogP contribution in [0.4, 0.5) is 23.2 Å². The van der Waals surface area contributed by atoms with Gasteiger partial charge in [-0.05, 0) is 31.0 Å². The number of hydrogen-bond acceptors (Lipinski definition) is 3. The fourth-order valence-electron chi connectivity index (χ4n) is 1.70.